The van der Waals surface area contributed by atoms with Crippen molar-refractivity contribution in [1.29, 1.82) is 0 Å². The molecule has 0 heterocycles. The van der Waals surface area contributed by atoms with Crippen molar-refractivity contribution in [2.75, 3.05) is 12.3 Å². The van der Waals surface area contributed by atoms with Crippen LogP contribution in [-0.2, 0) is 4.74 Å². The van der Waals surface area contributed by atoms with Crippen LogP contribution in [0, 0.1) is 6.92 Å². The fourth-order valence-electron chi connectivity index (χ4n) is 2.56. The number of nitrogen functional groups attached to an aromatic ring is 1. The number of ether oxygens (including phenoxy) is 2. The number of nitrogens with two attached hydrogens (primary N) is 1. The summed E-state index contributed by atoms with van der Waals surface area (Å²) in [6.45, 7) is 1.50. The summed E-state index contributed by atoms with van der Waals surface area (Å²) in [4.78, 5) is 36.7. The molecule has 0 unspecified atom stereocenters. The molecule has 8 heteroatoms. The number of carbonyl (C=O) groups excluding carboxylic acids is 3. The minimum Gasteiger partial charge on any atom is -0.454 e. The first-order chi connectivity index (χ1) is 14.7. The van der Waals surface area contributed by atoms with Crippen LogP contribution in [0.1, 0.15) is 36.6 Å². The summed E-state index contributed by atoms with van der Waals surface area (Å²) in [5.41, 5.74) is 8.29. The monoisotopic (exact) mass is 545 g/mol. The first-order valence-electron chi connectivity index (χ1n) is 9.08. The topological polar surface area (TPSA) is 95.7 Å². The lowest BCUT2D eigenvalue weighted by molar-refractivity contribution is 0.0474. The Morgan fingerprint density at radius 1 is 0.806 bits per heavy atom. The highest BCUT2D eigenvalue weighted by Gasteiger charge is 2.15. The normalized spacial score (nSPS) is 10.4. The fourth-order valence-corrected chi connectivity index (χ4v) is 3.75. The summed E-state index contributed by atoms with van der Waals surface area (Å²) >= 11 is 6.52. The molecule has 3 aromatic carbocycles. The highest BCUT2D eigenvalue weighted by molar-refractivity contribution is 9.11. The number of esters is 2. The Bertz CT molecular complexity index is 1120. The van der Waals surface area contributed by atoms with E-state index in [1.54, 1.807) is 12.1 Å². The van der Waals surface area contributed by atoms with Gasteiger partial charge in [0.25, 0.3) is 0 Å². The zero-order chi connectivity index (χ0) is 22.5. The number of benzene rings is 3. The summed E-state index contributed by atoms with van der Waals surface area (Å²) in [6.07, 6.45) is 0. The van der Waals surface area contributed by atoms with Crippen molar-refractivity contribution in [1.82, 2.24) is 0 Å². The molecule has 0 saturated carbocycles. The molecule has 0 bridgehead atoms. The molecule has 0 aliphatic rings. The van der Waals surface area contributed by atoms with Crippen molar-refractivity contribution in [3.05, 3.63) is 91.9 Å². The summed E-state index contributed by atoms with van der Waals surface area (Å²) in [6, 6.07) is 16.1. The van der Waals surface area contributed by atoms with E-state index in [1.165, 1.54) is 36.4 Å². The van der Waals surface area contributed by atoms with Crippen LogP contribution in [0.25, 0.3) is 0 Å². The van der Waals surface area contributed by atoms with E-state index < -0.39 is 24.3 Å². The maximum absolute atomic E-state index is 12.3. The summed E-state index contributed by atoms with van der Waals surface area (Å²) < 4.78 is 11.5. The molecule has 0 radical (unpaired) electrons. The Hall–Kier alpha value is -2.97. The molecule has 31 heavy (non-hydrogen) atoms. The maximum Gasteiger partial charge on any atom is 0.343 e. The second-order valence-corrected chi connectivity index (χ2v) is 8.34. The molecule has 158 valence electrons. The van der Waals surface area contributed by atoms with E-state index >= 15 is 0 Å². The summed E-state index contributed by atoms with van der Waals surface area (Å²) in [5, 5.41) is 0. The fraction of sp³-hybridized carbons (Fsp3) is 0.0870. The highest BCUT2D eigenvalue weighted by atomic mass is 79.9. The third kappa shape index (κ3) is 5.80. The van der Waals surface area contributed by atoms with Crippen molar-refractivity contribution in [2.45, 2.75) is 6.92 Å². The van der Waals surface area contributed by atoms with Crippen LogP contribution in [0.5, 0.6) is 5.75 Å². The molecular formula is C23H17Br2NO5. The zero-order valence-electron chi connectivity index (χ0n) is 16.4. The zero-order valence-corrected chi connectivity index (χ0v) is 19.5. The summed E-state index contributed by atoms with van der Waals surface area (Å²) in [7, 11) is 0. The molecule has 0 aliphatic carbocycles. The van der Waals surface area contributed by atoms with Gasteiger partial charge >= 0.3 is 11.9 Å². The van der Waals surface area contributed by atoms with Gasteiger partial charge in [-0.2, -0.15) is 0 Å². The predicted molar refractivity (Wildman–Crippen MR) is 123 cm³/mol. The standard InChI is InChI=1S/C23H17Br2NO5/c1-13-2-4-15(5-3-13)23(29)31-17-8-6-14(7-9-17)20(27)12-30-22(28)16-10-18(24)21(26)19(25)11-16/h2-11H,12,26H2,1H3. The largest absolute Gasteiger partial charge is 0.454 e. The second-order valence-electron chi connectivity index (χ2n) is 6.63. The number of rotatable bonds is 6. The average Bonchev–Trinajstić information content (AvgIpc) is 2.76. The number of hydrogen-bond donors (Lipinski definition) is 1. The number of anilines is 1. The van der Waals surface area contributed by atoms with Crippen LogP contribution >= 0.6 is 31.9 Å². The SMILES string of the molecule is Cc1ccc(C(=O)Oc2ccc(C(=O)COC(=O)c3cc(Br)c(N)c(Br)c3)cc2)cc1. The molecule has 3 rings (SSSR count). The van der Waals surface area contributed by atoms with E-state index in [4.69, 9.17) is 15.2 Å². The van der Waals surface area contributed by atoms with E-state index in [9.17, 15) is 14.4 Å². The van der Waals surface area contributed by atoms with Gasteiger partial charge in [0.2, 0.25) is 0 Å². The lowest BCUT2D eigenvalue weighted by Crippen LogP contribution is -2.14. The average molecular weight is 547 g/mol. The quantitative estimate of drug-likeness (QED) is 0.193. The van der Waals surface area contributed by atoms with Crippen LogP contribution in [0.4, 0.5) is 5.69 Å². The molecule has 0 saturated heterocycles. The first kappa shape index (κ1) is 22.7. The van der Waals surface area contributed by atoms with Crippen LogP contribution in [0.15, 0.2) is 69.6 Å². The number of Topliss-reactive ketones (excluding diaryl/α,β-unsaturated/α-hetero) is 1. The lowest BCUT2D eigenvalue weighted by atomic mass is 10.1. The molecule has 2 N–H and O–H groups in total. The Balaban J connectivity index is 1.58. The Morgan fingerprint density at radius 2 is 1.35 bits per heavy atom. The van der Waals surface area contributed by atoms with Gasteiger partial charge in [0.15, 0.2) is 12.4 Å². The van der Waals surface area contributed by atoms with Gasteiger partial charge in [-0.15, -0.1) is 0 Å². The van der Waals surface area contributed by atoms with Gasteiger partial charge in [-0.1, -0.05) is 17.7 Å². The van der Waals surface area contributed by atoms with Crippen molar-refractivity contribution in [2.24, 2.45) is 0 Å². The van der Waals surface area contributed by atoms with Gasteiger partial charge in [-0.25, -0.2) is 9.59 Å². The van der Waals surface area contributed by atoms with E-state index in [0.717, 1.165) is 5.56 Å². The van der Waals surface area contributed by atoms with Crippen molar-refractivity contribution in [3.8, 4) is 5.75 Å². The van der Waals surface area contributed by atoms with Crippen LogP contribution in [0.3, 0.4) is 0 Å². The molecule has 0 aliphatic heterocycles. The van der Waals surface area contributed by atoms with Gasteiger partial charge in [-0.05, 0) is 87.3 Å². The van der Waals surface area contributed by atoms with Gasteiger partial charge in [0, 0.05) is 14.5 Å². The molecule has 0 aromatic heterocycles. The molecule has 0 spiro atoms. The third-order valence-electron chi connectivity index (χ3n) is 4.32. The Morgan fingerprint density at radius 3 is 1.94 bits per heavy atom. The number of hydrogen-bond acceptors (Lipinski definition) is 6. The minimum absolute atomic E-state index is 0.249. The van der Waals surface area contributed by atoms with Crippen molar-refractivity contribution in [3.63, 3.8) is 0 Å². The second kappa shape index (κ2) is 9.89. The Labute approximate surface area is 195 Å². The molecule has 0 fully saturated rings. The number of aryl methyl sites for hydroxylation is 1. The molecular weight excluding hydrogens is 530 g/mol. The van der Waals surface area contributed by atoms with Crippen LogP contribution in [0.2, 0.25) is 0 Å². The maximum atomic E-state index is 12.3. The number of carbonyl (C=O) groups is 3. The van der Waals surface area contributed by atoms with Crippen molar-refractivity contribution < 1.29 is 23.9 Å². The van der Waals surface area contributed by atoms with E-state index in [2.05, 4.69) is 31.9 Å². The molecule has 0 atom stereocenters. The highest BCUT2D eigenvalue weighted by Crippen LogP contribution is 2.29. The lowest BCUT2D eigenvalue weighted by Gasteiger charge is -2.08. The summed E-state index contributed by atoms with van der Waals surface area (Å²) in [5.74, 6) is -1.23. The van der Waals surface area contributed by atoms with Gasteiger partial charge in [-0.3, -0.25) is 4.79 Å². The third-order valence-corrected chi connectivity index (χ3v) is 5.64. The smallest absolute Gasteiger partial charge is 0.343 e. The van der Waals surface area contributed by atoms with E-state index in [-0.39, 0.29) is 5.56 Å². The van der Waals surface area contributed by atoms with E-state index in [1.807, 2.05) is 19.1 Å². The first-order valence-corrected chi connectivity index (χ1v) is 10.7. The number of ketones is 1. The van der Waals surface area contributed by atoms with Gasteiger partial charge in [0.1, 0.15) is 5.75 Å². The molecule has 0 amide bonds. The van der Waals surface area contributed by atoms with Crippen LogP contribution < -0.4 is 10.5 Å². The van der Waals surface area contributed by atoms with Crippen LogP contribution in [-0.4, -0.2) is 24.3 Å². The minimum atomic E-state index is -0.654. The van der Waals surface area contributed by atoms with Gasteiger partial charge < -0.3 is 15.2 Å². The van der Waals surface area contributed by atoms with Crippen molar-refractivity contribution >= 4 is 55.3 Å². The number of halogens is 2. The predicted octanol–water partition coefficient (Wildman–Crippen LogP) is 5.36. The molecule has 3 aromatic rings. The Kier molecular flexibility index (Phi) is 7.25. The van der Waals surface area contributed by atoms with Gasteiger partial charge in [0.05, 0.1) is 16.8 Å². The van der Waals surface area contributed by atoms with E-state index in [0.29, 0.717) is 31.5 Å². The molecule has 6 nitrogen and oxygen atoms in total.